The van der Waals surface area contributed by atoms with Gasteiger partial charge in [-0.25, -0.2) is 0 Å². The predicted octanol–water partition coefficient (Wildman–Crippen LogP) is 5.52. The normalized spacial score (nSPS) is 32.6. The molecule has 1 aliphatic carbocycles. The molecule has 0 aliphatic heterocycles. The lowest BCUT2D eigenvalue weighted by molar-refractivity contribution is 0.172. The van der Waals surface area contributed by atoms with E-state index < -0.39 is 0 Å². The van der Waals surface area contributed by atoms with E-state index in [1.54, 1.807) is 0 Å². The van der Waals surface area contributed by atoms with Gasteiger partial charge in [-0.1, -0.05) is 61.8 Å². The molecule has 0 radical (unpaired) electrons. The molecule has 1 fully saturated rings. The molecule has 0 aromatic heterocycles. The van der Waals surface area contributed by atoms with Gasteiger partial charge >= 0.3 is 0 Å². The average Bonchev–Trinajstić information content (AvgIpc) is 2.78. The summed E-state index contributed by atoms with van der Waals surface area (Å²) in [5, 5.41) is 0. The SMILES string of the molecule is CCC(C)(C)CC(C)C1(C)CC1C(C)(C)C. The van der Waals surface area contributed by atoms with Crippen LogP contribution in [0.25, 0.3) is 0 Å². The molecule has 0 spiro atoms. The van der Waals surface area contributed by atoms with Crippen LogP contribution in [0.3, 0.4) is 0 Å². The molecule has 0 heterocycles. The summed E-state index contributed by atoms with van der Waals surface area (Å²) in [5.74, 6) is 1.80. The maximum Gasteiger partial charge on any atom is -0.0263 e. The lowest BCUT2D eigenvalue weighted by Gasteiger charge is -2.33. The van der Waals surface area contributed by atoms with Crippen LogP contribution in [-0.4, -0.2) is 0 Å². The quantitative estimate of drug-likeness (QED) is 0.589. The first-order chi connectivity index (χ1) is 7.03. The fourth-order valence-electron chi connectivity index (χ4n) is 3.43. The van der Waals surface area contributed by atoms with Crippen LogP contribution in [0.2, 0.25) is 0 Å². The van der Waals surface area contributed by atoms with E-state index in [4.69, 9.17) is 0 Å². The van der Waals surface area contributed by atoms with E-state index in [9.17, 15) is 0 Å². The Hall–Kier alpha value is 0. The molecule has 0 saturated heterocycles. The number of rotatable bonds is 4. The molecule has 0 aromatic carbocycles. The van der Waals surface area contributed by atoms with E-state index in [2.05, 4.69) is 55.4 Å². The van der Waals surface area contributed by atoms with Crippen molar-refractivity contribution in [2.24, 2.45) is 28.1 Å². The van der Waals surface area contributed by atoms with E-state index in [0.29, 0.717) is 16.2 Å². The first-order valence-electron chi connectivity index (χ1n) is 7.03. The first kappa shape index (κ1) is 14.1. The standard InChI is InChI=1S/C16H32/c1-9-15(6,7)10-12(2)16(8)11-13(16)14(3,4)5/h12-13H,9-11H2,1-8H3. The lowest BCUT2D eigenvalue weighted by atomic mass is 9.73. The molecule has 0 bridgehead atoms. The molecule has 3 unspecified atom stereocenters. The van der Waals surface area contributed by atoms with E-state index in [1.165, 1.54) is 19.3 Å². The van der Waals surface area contributed by atoms with Gasteiger partial charge in [0.1, 0.15) is 0 Å². The van der Waals surface area contributed by atoms with Crippen LogP contribution < -0.4 is 0 Å². The topological polar surface area (TPSA) is 0 Å². The zero-order valence-corrected chi connectivity index (χ0v) is 12.8. The maximum atomic E-state index is 2.51. The second kappa shape index (κ2) is 4.03. The van der Waals surface area contributed by atoms with Crippen molar-refractivity contribution in [3.8, 4) is 0 Å². The van der Waals surface area contributed by atoms with Gasteiger partial charge < -0.3 is 0 Å². The molecule has 0 N–H and O–H groups in total. The van der Waals surface area contributed by atoms with Crippen LogP contribution in [0.1, 0.15) is 74.7 Å². The van der Waals surface area contributed by atoms with Gasteiger partial charge in [0.2, 0.25) is 0 Å². The molecular formula is C16H32. The fraction of sp³-hybridized carbons (Fsp3) is 1.00. The van der Waals surface area contributed by atoms with Gasteiger partial charge in [0.15, 0.2) is 0 Å². The van der Waals surface area contributed by atoms with Gasteiger partial charge in [-0.05, 0) is 40.9 Å². The largest absolute Gasteiger partial charge is 0.0649 e. The minimum absolute atomic E-state index is 0.499. The van der Waals surface area contributed by atoms with Crippen LogP contribution in [0.15, 0.2) is 0 Å². The van der Waals surface area contributed by atoms with Crippen molar-refractivity contribution in [3.05, 3.63) is 0 Å². The molecule has 1 saturated carbocycles. The van der Waals surface area contributed by atoms with Crippen molar-refractivity contribution in [3.63, 3.8) is 0 Å². The zero-order valence-electron chi connectivity index (χ0n) is 12.8. The van der Waals surface area contributed by atoms with E-state index in [-0.39, 0.29) is 0 Å². The Morgan fingerprint density at radius 3 is 2.00 bits per heavy atom. The van der Waals surface area contributed by atoms with Crippen molar-refractivity contribution < 1.29 is 0 Å². The Kier molecular flexibility index (Phi) is 3.54. The number of hydrogen-bond donors (Lipinski definition) is 0. The Bertz CT molecular complexity index is 243. The molecule has 16 heavy (non-hydrogen) atoms. The zero-order chi connectivity index (χ0) is 12.8. The predicted molar refractivity (Wildman–Crippen MR) is 73.5 cm³/mol. The first-order valence-corrected chi connectivity index (χ1v) is 7.03. The summed E-state index contributed by atoms with van der Waals surface area (Å²) in [6.45, 7) is 19.4. The fourth-order valence-corrected chi connectivity index (χ4v) is 3.43. The highest BCUT2D eigenvalue weighted by Crippen LogP contribution is 2.65. The molecule has 0 heteroatoms. The van der Waals surface area contributed by atoms with Gasteiger partial charge in [0, 0.05) is 0 Å². The summed E-state index contributed by atoms with van der Waals surface area (Å²) >= 11 is 0. The Morgan fingerprint density at radius 2 is 1.69 bits per heavy atom. The second-order valence-corrected chi connectivity index (χ2v) is 8.25. The van der Waals surface area contributed by atoms with Crippen LogP contribution in [0, 0.1) is 28.1 Å². The smallest absolute Gasteiger partial charge is 0.0263 e. The molecular weight excluding hydrogens is 192 g/mol. The monoisotopic (exact) mass is 224 g/mol. The van der Waals surface area contributed by atoms with E-state index in [0.717, 1.165) is 11.8 Å². The van der Waals surface area contributed by atoms with Gasteiger partial charge in [-0.3, -0.25) is 0 Å². The summed E-state index contributed by atoms with van der Waals surface area (Å²) in [6.07, 6.45) is 4.12. The van der Waals surface area contributed by atoms with Crippen molar-refractivity contribution in [2.45, 2.75) is 74.7 Å². The van der Waals surface area contributed by atoms with Crippen LogP contribution in [0.4, 0.5) is 0 Å². The molecule has 0 amide bonds. The molecule has 1 aliphatic rings. The van der Waals surface area contributed by atoms with Gasteiger partial charge in [-0.15, -0.1) is 0 Å². The highest BCUT2D eigenvalue weighted by atomic mass is 14.6. The van der Waals surface area contributed by atoms with Crippen LogP contribution >= 0.6 is 0 Å². The van der Waals surface area contributed by atoms with Crippen LogP contribution in [0.5, 0.6) is 0 Å². The highest BCUT2D eigenvalue weighted by Gasteiger charge is 2.58. The second-order valence-electron chi connectivity index (χ2n) is 8.25. The van der Waals surface area contributed by atoms with E-state index >= 15 is 0 Å². The third kappa shape index (κ3) is 2.81. The minimum Gasteiger partial charge on any atom is -0.0649 e. The van der Waals surface area contributed by atoms with Crippen molar-refractivity contribution >= 4 is 0 Å². The summed E-state index contributed by atoms with van der Waals surface area (Å²) in [7, 11) is 0. The Morgan fingerprint density at radius 1 is 1.19 bits per heavy atom. The summed E-state index contributed by atoms with van der Waals surface area (Å²) in [4.78, 5) is 0. The molecule has 0 nitrogen and oxygen atoms in total. The maximum absolute atomic E-state index is 2.51. The van der Waals surface area contributed by atoms with Crippen LogP contribution in [-0.2, 0) is 0 Å². The Balaban J connectivity index is 2.61. The summed E-state index contributed by atoms with van der Waals surface area (Å²) in [6, 6.07) is 0. The minimum atomic E-state index is 0.499. The van der Waals surface area contributed by atoms with Gasteiger partial charge in [-0.2, -0.15) is 0 Å². The van der Waals surface area contributed by atoms with Crippen molar-refractivity contribution in [1.29, 1.82) is 0 Å². The van der Waals surface area contributed by atoms with E-state index in [1.807, 2.05) is 0 Å². The third-order valence-corrected chi connectivity index (χ3v) is 5.27. The number of hydrogen-bond acceptors (Lipinski definition) is 0. The molecule has 3 atom stereocenters. The van der Waals surface area contributed by atoms with Crippen molar-refractivity contribution in [1.82, 2.24) is 0 Å². The van der Waals surface area contributed by atoms with Gasteiger partial charge in [0.25, 0.3) is 0 Å². The highest BCUT2D eigenvalue weighted by molar-refractivity contribution is 5.07. The summed E-state index contributed by atoms with van der Waals surface area (Å²) in [5.41, 5.74) is 1.64. The average molecular weight is 224 g/mol. The molecule has 0 aromatic rings. The Labute approximate surface area is 103 Å². The molecule has 1 rings (SSSR count). The van der Waals surface area contributed by atoms with Crippen molar-refractivity contribution in [2.75, 3.05) is 0 Å². The lowest BCUT2D eigenvalue weighted by Crippen LogP contribution is -2.24. The third-order valence-electron chi connectivity index (χ3n) is 5.27. The molecule has 96 valence electrons. The van der Waals surface area contributed by atoms with Gasteiger partial charge in [0.05, 0.1) is 0 Å². The summed E-state index contributed by atoms with van der Waals surface area (Å²) < 4.78 is 0.